The molecule has 1 saturated heterocycles. The van der Waals surface area contributed by atoms with Gasteiger partial charge in [-0.2, -0.15) is 0 Å². The number of piperazine rings is 1. The minimum atomic E-state index is -1.68. The Morgan fingerprint density at radius 1 is 1.38 bits per heavy atom. The number of methoxy groups -OCH3 is 1. The Morgan fingerprint density at radius 3 is 2.79 bits per heavy atom. The summed E-state index contributed by atoms with van der Waals surface area (Å²) in [6.07, 6.45) is 0.343. The molecule has 10 heteroatoms. The van der Waals surface area contributed by atoms with Gasteiger partial charge < -0.3 is 34.8 Å². The van der Waals surface area contributed by atoms with Gasteiger partial charge in [-0.05, 0) is 38.5 Å². The van der Waals surface area contributed by atoms with Crippen LogP contribution < -0.4 is 10.1 Å². The molecular weight excluding hydrogens is 445 g/mol. The molecule has 9 nitrogen and oxygen atoms in total. The summed E-state index contributed by atoms with van der Waals surface area (Å²) in [7, 11) is 3.22. The monoisotopic (exact) mass is 475 g/mol. The molecule has 1 saturated carbocycles. The van der Waals surface area contributed by atoms with Crippen LogP contribution in [-0.2, 0) is 20.9 Å². The maximum Gasteiger partial charge on any atom is 0.273 e. The van der Waals surface area contributed by atoms with E-state index in [1.165, 1.54) is 29.3 Å². The van der Waals surface area contributed by atoms with E-state index in [9.17, 15) is 24.2 Å². The van der Waals surface area contributed by atoms with E-state index in [1.54, 1.807) is 19.1 Å². The Labute approximate surface area is 197 Å². The lowest BCUT2D eigenvalue weighted by Crippen LogP contribution is -2.57. The average molecular weight is 476 g/mol. The molecule has 34 heavy (non-hydrogen) atoms. The third kappa shape index (κ3) is 4.12. The zero-order valence-corrected chi connectivity index (χ0v) is 19.7. The first-order chi connectivity index (χ1) is 16.1. The van der Waals surface area contributed by atoms with Gasteiger partial charge in [0.25, 0.3) is 11.8 Å². The van der Waals surface area contributed by atoms with E-state index in [4.69, 9.17) is 9.47 Å². The zero-order chi connectivity index (χ0) is 24.8. The van der Waals surface area contributed by atoms with Crippen LogP contribution in [0.5, 0.6) is 5.75 Å². The van der Waals surface area contributed by atoms with Crippen molar-refractivity contribution in [1.29, 1.82) is 0 Å². The van der Waals surface area contributed by atoms with E-state index in [1.807, 2.05) is 13.8 Å². The molecule has 1 aromatic carbocycles. The van der Waals surface area contributed by atoms with Gasteiger partial charge >= 0.3 is 0 Å². The van der Waals surface area contributed by atoms with Gasteiger partial charge in [0.05, 0.1) is 23.8 Å². The van der Waals surface area contributed by atoms with E-state index < -0.39 is 35.0 Å². The van der Waals surface area contributed by atoms with Crippen LogP contribution in [0.2, 0.25) is 0 Å². The molecule has 4 rings (SSSR count). The van der Waals surface area contributed by atoms with Crippen LogP contribution in [0.1, 0.15) is 25.8 Å². The second kappa shape index (κ2) is 8.92. The number of hydrogen-bond acceptors (Lipinski definition) is 7. The molecule has 1 aromatic rings. The minimum absolute atomic E-state index is 0.0408. The summed E-state index contributed by atoms with van der Waals surface area (Å²) in [5.74, 6) is -1.65. The van der Waals surface area contributed by atoms with Crippen molar-refractivity contribution in [3.05, 3.63) is 52.8 Å². The van der Waals surface area contributed by atoms with E-state index in [2.05, 4.69) is 5.32 Å². The van der Waals surface area contributed by atoms with Crippen molar-refractivity contribution in [2.24, 2.45) is 5.92 Å². The standard InChI is InChI=1S/C24H30FN3O6/c1-13(2)34-16-5-6-18(25)14(7-16)9-26-22(31)17-10-28-19(21(30)20(17)29)23(32)27(3)12-24(28)8-15(24)11-33-4/h5-7,10,13,15,20,29-30H,8-9,11-12H2,1-4H3,(H,26,31)/t15-,20?,24-/m1/s1. The summed E-state index contributed by atoms with van der Waals surface area (Å²) in [4.78, 5) is 28.9. The van der Waals surface area contributed by atoms with Gasteiger partial charge in [-0.3, -0.25) is 9.59 Å². The Morgan fingerprint density at radius 2 is 2.12 bits per heavy atom. The molecule has 1 aliphatic carbocycles. The van der Waals surface area contributed by atoms with Gasteiger partial charge in [-0.25, -0.2) is 4.39 Å². The second-order valence-electron chi connectivity index (χ2n) is 9.31. The summed E-state index contributed by atoms with van der Waals surface area (Å²) >= 11 is 0. The molecule has 3 N–H and O–H groups in total. The van der Waals surface area contributed by atoms with Crippen LogP contribution in [0.25, 0.3) is 0 Å². The number of carbonyl (C=O) groups excluding carboxylic acids is 2. The van der Waals surface area contributed by atoms with Crippen molar-refractivity contribution in [2.75, 3.05) is 27.3 Å². The van der Waals surface area contributed by atoms with Gasteiger partial charge in [0, 0.05) is 44.9 Å². The van der Waals surface area contributed by atoms with Gasteiger partial charge in [0.2, 0.25) is 0 Å². The first-order valence-electron chi connectivity index (χ1n) is 11.2. The first-order valence-corrected chi connectivity index (χ1v) is 11.2. The number of amides is 2. The van der Waals surface area contributed by atoms with Crippen LogP contribution in [-0.4, -0.2) is 76.9 Å². The number of rotatable bonds is 7. The number of ether oxygens (including phenoxy) is 2. The Hall–Kier alpha value is -3.11. The number of aliphatic hydroxyl groups is 2. The van der Waals surface area contributed by atoms with Crippen molar-refractivity contribution in [3.63, 3.8) is 0 Å². The number of likely N-dealkylation sites (N-methyl/N-ethyl adjacent to an activating group) is 1. The maximum absolute atomic E-state index is 14.3. The van der Waals surface area contributed by atoms with E-state index in [0.717, 1.165) is 0 Å². The zero-order valence-electron chi connectivity index (χ0n) is 19.7. The highest BCUT2D eigenvalue weighted by molar-refractivity contribution is 5.99. The molecule has 2 fully saturated rings. The molecule has 0 aromatic heterocycles. The lowest BCUT2D eigenvalue weighted by molar-refractivity contribution is -0.133. The fourth-order valence-corrected chi connectivity index (χ4v) is 4.74. The van der Waals surface area contributed by atoms with Crippen LogP contribution in [0.4, 0.5) is 4.39 Å². The molecule has 2 aliphatic heterocycles. The topological polar surface area (TPSA) is 112 Å². The van der Waals surface area contributed by atoms with Gasteiger partial charge in [0.15, 0.2) is 5.76 Å². The van der Waals surface area contributed by atoms with Crippen molar-refractivity contribution >= 4 is 11.8 Å². The second-order valence-corrected chi connectivity index (χ2v) is 9.31. The lowest BCUT2D eigenvalue weighted by Gasteiger charge is -2.44. The number of nitrogens with one attached hydrogen (secondary N) is 1. The van der Waals surface area contributed by atoms with Crippen LogP contribution in [0.3, 0.4) is 0 Å². The SMILES string of the molecule is COC[C@H]1C[C@@]12CN(C)C(=O)C1=C(O)C(O)C(C(=O)NCc3cc(OC(C)C)ccc3F)=CN12. The summed E-state index contributed by atoms with van der Waals surface area (Å²) < 4.78 is 25.1. The summed E-state index contributed by atoms with van der Waals surface area (Å²) in [6, 6.07) is 4.27. The van der Waals surface area contributed by atoms with Gasteiger partial charge in [-0.1, -0.05) is 0 Å². The van der Waals surface area contributed by atoms with Gasteiger partial charge in [0.1, 0.15) is 23.4 Å². The molecule has 1 spiro atoms. The normalized spacial score (nSPS) is 26.1. The van der Waals surface area contributed by atoms with E-state index in [0.29, 0.717) is 25.3 Å². The average Bonchev–Trinajstić information content (AvgIpc) is 3.46. The van der Waals surface area contributed by atoms with Crippen molar-refractivity contribution < 1.29 is 33.7 Å². The molecule has 0 radical (unpaired) electrons. The first kappa shape index (κ1) is 24.0. The van der Waals surface area contributed by atoms with Crippen LogP contribution in [0.15, 0.2) is 41.4 Å². The Bertz CT molecular complexity index is 1070. The summed E-state index contributed by atoms with van der Waals surface area (Å²) in [6.45, 7) is 4.40. The van der Waals surface area contributed by atoms with Crippen molar-refractivity contribution in [2.45, 2.75) is 44.6 Å². The molecule has 184 valence electrons. The number of aliphatic hydroxyl groups excluding tert-OH is 2. The lowest BCUT2D eigenvalue weighted by atomic mass is 9.96. The van der Waals surface area contributed by atoms with Crippen LogP contribution in [0, 0.1) is 11.7 Å². The third-order valence-corrected chi connectivity index (χ3v) is 6.50. The molecule has 2 amide bonds. The maximum atomic E-state index is 14.3. The van der Waals surface area contributed by atoms with Gasteiger partial charge in [-0.15, -0.1) is 0 Å². The highest BCUT2D eigenvalue weighted by atomic mass is 19.1. The number of benzene rings is 1. The fourth-order valence-electron chi connectivity index (χ4n) is 4.74. The Balaban J connectivity index is 1.57. The van der Waals surface area contributed by atoms with E-state index >= 15 is 0 Å². The minimum Gasteiger partial charge on any atom is -0.507 e. The van der Waals surface area contributed by atoms with Crippen molar-refractivity contribution in [1.82, 2.24) is 15.1 Å². The molecule has 2 heterocycles. The smallest absolute Gasteiger partial charge is 0.273 e. The highest BCUT2D eigenvalue weighted by Gasteiger charge is 2.63. The molecular formula is C24H30FN3O6. The van der Waals surface area contributed by atoms with Crippen LogP contribution >= 0.6 is 0 Å². The fraction of sp³-hybridized carbons (Fsp3) is 0.500. The Kier molecular flexibility index (Phi) is 6.30. The largest absolute Gasteiger partial charge is 0.507 e. The molecule has 3 atom stereocenters. The predicted octanol–water partition coefficient (Wildman–Crippen LogP) is 1.44. The number of halogens is 1. The molecule has 1 unspecified atom stereocenters. The van der Waals surface area contributed by atoms with E-state index in [-0.39, 0.29) is 35.4 Å². The highest BCUT2D eigenvalue weighted by Crippen LogP contribution is 2.54. The molecule has 0 bridgehead atoms. The number of fused-ring (bicyclic) bond motifs is 2. The summed E-state index contributed by atoms with van der Waals surface area (Å²) in [5.41, 5.74) is -0.481. The molecule has 3 aliphatic rings. The van der Waals surface area contributed by atoms with Crippen molar-refractivity contribution in [3.8, 4) is 5.75 Å². The third-order valence-electron chi connectivity index (χ3n) is 6.50. The number of nitrogens with zero attached hydrogens (tertiary/aromatic N) is 2. The predicted molar refractivity (Wildman–Crippen MR) is 120 cm³/mol. The summed E-state index contributed by atoms with van der Waals surface area (Å²) in [5, 5.41) is 24.0. The number of hydrogen-bond donors (Lipinski definition) is 3. The number of carbonyl (C=O) groups is 2. The quantitative estimate of drug-likeness (QED) is 0.547.